The number of anilines is 1. The number of hydrogen-bond donors (Lipinski definition) is 1. The van der Waals surface area contributed by atoms with Gasteiger partial charge in [0.05, 0.1) is 40.9 Å². The van der Waals surface area contributed by atoms with E-state index < -0.39 is 0 Å². The molecular formula is C28H29BrN6O3S. The van der Waals surface area contributed by atoms with Gasteiger partial charge in [-0.05, 0) is 60.6 Å². The first-order valence-corrected chi connectivity index (χ1v) is 14.4. The summed E-state index contributed by atoms with van der Waals surface area (Å²) in [7, 11) is 0. The van der Waals surface area contributed by atoms with E-state index in [1.165, 1.54) is 11.3 Å². The second-order valence-electron chi connectivity index (χ2n) is 9.12. The van der Waals surface area contributed by atoms with Gasteiger partial charge in [0.2, 0.25) is 5.91 Å². The molecular weight excluding hydrogens is 580 g/mol. The second kappa shape index (κ2) is 11.8. The average Bonchev–Trinajstić information content (AvgIpc) is 3.54. The summed E-state index contributed by atoms with van der Waals surface area (Å²) in [5.41, 5.74) is 5.99. The lowest BCUT2D eigenvalue weighted by Gasteiger charge is -2.27. The van der Waals surface area contributed by atoms with Gasteiger partial charge in [-0.15, -0.1) is 0 Å². The minimum atomic E-state index is -0.0749. The minimum Gasteiger partial charge on any atom is -0.378 e. The molecule has 2 aliphatic rings. The smallest absolute Gasteiger partial charge is 0.254 e. The lowest BCUT2D eigenvalue weighted by Crippen LogP contribution is -2.40. The zero-order chi connectivity index (χ0) is 27.5. The number of hydrogen-bond acceptors (Lipinski definition) is 7. The number of nitrogens with one attached hydrogen (secondary N) is 1. The van der Waals surface area contributed by atoms with Crippen molar-refractivity contribution >= 4 is 56.5 Å². The summed E-state index contributed by atoms with van der Waals surface area (Å²) in [6.07, 6.45) is 7.48. The number of benzene rings is 1. The number of ether oxygens (including phenoxy) is 1. The molecule has 0 saturated carbocycles. The van der Waals surface area contributed by atoms with Crippen molar-refractivity contribution in [1.82, 2.24) is 19.7 Å². The van der Waals surface area contributed by atoms with Crippen LogP contribution in [-0.2, 0) is 22.4 Å². The molecule has 1 N–H and O–H groups in total. The number of nitrogens with zero attached hydrogens (tertiary/aromatic N) is 5. The Morgan fingerprint density at radius 1 is 1.28 bits per heavy atom. The van der Waals surface area contributed by atoms with E-state index >= 15 is 0 Å². The highest BCUT2D eigenvalue weighted by atomic mass is 79.9. The SMILES string of the molecule is C=N/C=C(\C=C/C)c1nn(-c2ccc(C(=O)N3CCOCC3)cc2Br)c2c1CCc1nc(NC(=O)CC)sc1-2. The number of allylic oxidation sites excluding steroid dienone is 3. The van der Waals surface area contributed by atoms with Crippen molar-refractivity contribution in [3.63, 3.8) is 0 Å². The molecule has 5 rings (SSSR count). The highest BCUT2D eigenvalue weighted by molar-refractivity contribution is 9.10. The molecule has 9 nitrogen and oxygen atoms in total. The molecule has 11 heteroatoms. The van der Waals surface area contributed by atoms with Gasteiger partial charge in [-0.1, -0.05) is 30.4 Å². The van der Waals surface area contributed by atoms with Gasteiger partial charge in [-0.2, -0.15) is 5.10 Å². The molecule has 1 aliphatic carbocycles. The lowest BCUT2D eigenvalue weighted by molar-refractivity contribution is -0.115. The monoisotopic (exact) mass is 608 g/mol. The van der Waals surface area contributed by atoms with Gasteiger partial charge in [-0.25, -0.2) is 9.67 Å². The first-order chi connectivity index (χ1) is 18.9. The number of aryl methyl sites for hydroxylation is 1. The molecule has 1 aromatic carbocycles. The molecule has 2 aromatic heterocycles. The molecule has 0 atom stereocenters. The number of halogens is 1. The summed E-state index contributed by atoms with van der Waals surface area (Å²) < 4.78 is 8.04. The Bertz CT molecular complexity index is 1500. The zero-order valence-electron chi connectivity index (χ0n) is 21.9. The summed E-state index contributed by atoms with van der Waals surface area (Å²) in [5, 5.41) is 8.55. The Morgan fingerprint density at radius 2 is 2.08 bits per heavy atom. The number of fused-ring (bicyclic) bond motifs is 3. The molecule has 1 saturated heterocycles. The van der Waals surface area contributed by atoms with Crippen LogP contribution in [0.3, 0.4) is 0 Å². The number of aromatic nitrogens is 3. The van der Waals surface area contributed by atoms with E-state index in [4.69, 9.17) is 14.8 Å². The first kappa shape index (κ1) is 27.2. The topological polar surface area (TPSA) is 102 Å². The Labute approximate surface area is 239 Å². The Balaban J connectivity index is 1.63. The maximum absolute atomic E-state index is 13.1. The lowest BCUT2D eigenvalue weighted by atomic mass is 9.95. The van der Waals surface area contributed by atoms with Crippen LogP contribution < -0.4 is 5.32 Å². The van der Waals surface area contributed by atoms with Crippen LogP contribution >= 0.6 is 27.3 Å². The summed E-state index contributed by atoms with van der Waals surface area (Å²) in [6.45, 7) is 9.67. The molecule has 39 heavy (non-hydrogen) atoms. The maximum Gasteiger partial charge on any atom is 0.254 e. The fourth-order valence-electron chi connectivity index (χ4n) is 4.76. The highest BCUT2D eigenvalue weighted by Gasteiger charge is 2.31. The van der Waals surface area contributed by atoms with Crippen LogP contribution in [0.4, 0.5) is 5.13 Å². The van der Waals surface area contributed by atoms with E-state index in [2.05, 4.69) is 33.0 Å². The third-order valence-electron chi connectivity index (χ3n) is 6.65. The molecule has 0 unspecified atom stereocenters. The number of rotatable bonds is 7. The first-order valence-electron chi connectivity index (χ1n) is 12.8. The maximum atomic E-state index is 13.1. The fourth-order valence-corrected chi connectivity index (χ4v) is 6.39. The Kier molecular flexibility index (Phi) is 8.20. The Morgan fingerprint density at radius 3 is 2.77 bits per heavy atom. The van der Waals surface area contributed by atoms with Gasteiger partial charge in [0.25, 0.3) is 5.91 Å². The van der Waals surface area contributed by atoms with Gasteiger partial charge >= 0.3 is 0 Å². The molecule has 3 aromatic rings. The van der Waals surface area contributed by atoms with Gasteiger partial charge in [0.15, 0.2) is 5.13 Å². The zero-order valence-corrected chi connectivity index (χ0v) is 24.3. The largest absolute Gasteiger partial charge is 0.378 e. The molecule has 1 aliphatic heterocycles. The number of morpholine rings is 1. The third kappa shape index (κ3) is 5.39. The van der Waals surface area contributed by atoms with E-state index in [0.29, 0.717) is 43.4 Å². The van der Waals surface area contributed by atoms with Gasteiger partial charge in [-0.3, -0.25) is 14.6 Å². The van der Waals surface area contributed by atoms with Crippen molar-refractivity contribution in [2.45, 2.75) is 33.1 Å². The van der Waals surface area contributed by atoms with E-state index in [1.54, 1.807) is 6.20 Å². The number of carbonyl (C=O) groups excluding carboxylic acids is 2. The highest BCUT2D eigenvalue weighted by Crippen LogP contribution is 2.44. The van der Waals surface area contributed by atoms with Crippen LogP contribution in [0.2, 0.25) is 0 Å². The number of thiazole rings is 1. The van der Waals surface area contributed by atoms with Crippen molar-refractivity contribution in [3.8, 4) is 16.3 Å². The minimum absolute atomic E-state index is 0.0230. The van der Waals surface area contributed by atoms with Crippen LogP contribution in [0.1, 0.15) is 47.6 Å². The van der Waals surface area contributed by atoms with Gasteiger partial charge < -0.3 is 15.0 Å². The quantitative estimate of drug-likeness (QED) is 0.290. The van der Waals surface area contributed by atoms with E-state index in [9.17, 15) is 9.59 Å². The summed E-state index contributed by atoms with van der Waals surface area (Å²) >= 11 is 5.17. The summed E-state index contributed by atoms with van der Waals surface area (Å²) in [4.78, 5) is 36.7. The van der Waals surface area contributed by atoms with Crippen molar-refractivity contribution in [1.29, 1.82) is 0 Å². The van der Waals surface area contributed by atoms with E-state index in [1.807, 2.05) is 53.8 Å². The van der Waals surface area contributed by atoms with Gasteiger partial charge in [0.1, 0.15) is 0 Å². The van der Waals surface area contributed by atoms with Crippen molar-refractivity contribution in [2.24, 2.45) is 4.99 Å². The van der Waals surface area contributed by atoms with Crippen LogP contribution in [0.15, 0.2) is 46.0 Å². The van der Waals surface area contributed by atoms with Crippen LogP contribution in [0, 0.1) is 0 Å². The number of carbonyl (C=O) groups is 2. The molecule has 0 bridgehead atoms. The Hall–Kier alpha value is -3.41. The summed E-state index contributed by atoms with van der Waals surface area (Å²) in [5.74, 6) is -0.0979. The molecule has 1 fully saturated rings. The molecule has 0 spiro atoms. The normalized spacial score (nSPS) is 15.3. The van der Waals surface area contributed by atoms with Crippen LogP contribution in [0.5, 0.6) is 0 Å². The van der Waals surface area contributed by atoms with Crippen molar-refractivity contribution < 1.29 is 14.3 Å². The van der Waals surface area contributed by atoms with Gasteiger partial charge in [0, 0.05) is 46.9 Å². The molecule has 2 amide bonds. The third-order valence-corrected chi connectivity index (χ3v) is 8.30. The molecule has 0 radical (unpaired) electrons. The second-order valence-corrected chi connectivity index (χ2v) is 11.0. The molecule has 202 valence electrons. The predicted molar refractivity (Wildman–Crippen MR) is 158 cm³/mol. The van der Waals surface area contributed by atoms with Crippen LogP contribution in [0.25, 0.3) is 21.8 Å². The van der Waals surface area contributed by atoms with Crippen LogP contribution in [-0.4, -0.2) is 64.5 Å². The fraction of sp³-hybridized carbons (Fsp3) is 0.321. The van der Waals surface area contributed by atoms with Crippen molar-refractivity contribution in [2.75, 3.05) is 31.6 Å². The standard InChI is InChI=1S/C28H29BrN6O3S/c1-4-6-18(16-30-3)24-19-8-9-21-26(39-28(31-21)32-23(36)5-2)25(19)35(33-24)22-10-7-17(15-20(22)29)27(37)34-11-13-38-14-12-34/h4,6-7,10,15-16H,3,5,8-9,11-14H2,1-2H3,(H,31,32,36)/b6-4-,18-16+. The summed E-state index contributed by atoms with van der Waals surface area (Å²) in [6, 6.07) is 5.59. The molecule has 3 heterocycles. The number of aliphatic imine (C=N–C) groups is 1. The number of amides is 2. The predicted octanol–water partition coefficient (Wildman–Crippen LogP) is 5.30. The van der Waals surface area contributed by atoms with Crippen molar-refractivity contribution in [3.05, 3.63) is 63.5 Å². The van der Waals surface area contributed by atoms with E-state index in [0.717, 1.165) is 56.1 Å². The average molecular weight is 610 g/mol. The van der Waals surface area contributed by atoms with E-state index in [-0.39, 0.29) is 11.8 Å².